The normalized spacial score (nSPS) is 22.5. The van der Waals surface area contributed by atoms with Gasteiger partial charge in [-0.05, 0) is 43.2 Å². The number of aliphatic hydroxyl groups is 1. The maximum absolute atomic E-state index is 14.5. The number of hydrogen-bond donors (Lipinski definition) is 3. The van der Waals surface area contributed by atoms with Crippen molar-refractivity contribution in [3.05, 3.63) is 58.5 Å². The molecule has 194 valence electrons. The third kappa shape index (κ3) is 3.87. The minimum absolute atomic E-state index is 0.185. The molecular formula is C25H23ClF3N5O3. The van der Waals surface area contributed by atoms with Gasteiger partial charge in [-0.1, -0.05) is 11.6 Å². The first-order valence-electron chi connectivity index (χ1n) is 12.0. The SMILES string of the molecule is O=C(c1ccc2[nH]ncc2c1)N1CCC2(CC1)C(=O)N(CC(O)NC1CC1(F)F)c1ccc(F)c(Cl)c12. The molecule has 12 heteroatoms. The molecule has 1 saturated heterocycles. The van der Waals surface area contributed by atoms with Gasteiger partial charge in [0.1, 0.15) is 12.0 Å². The zero-order chi connectivity index (χ0) is 26.1. The van der Waals surface area contributed by atoms with Crippen LogP contribution in [0.3, 0.4) is 0 Å². The summed E-state index contributed by atoms with van der Waals surface area (Å²) in [6, 6.07) is 6.62. The fourth-order valence-electron chi connectivity index (χ4n) is 5.54. The van der Waals surface area contributed by atoms with Gasteiger partial charge in [-0.2, -0.15) is 5.10 Å². The zero-order valence-corrected chi connectivity index (χ0v) is 20.2. The summed E-state index contributed by atoms with van der Waals surface area (Å²) in [5, 5.41) is 20.3. The number of anilines is 1. The van der Waals surface area contributed by atoms with E-state index in [1.165, 1.54) is 11.0 Å². The number of H-pyrrole nitrogens is 1. The highest BCUT2D eigenvalue weighted by atomic mass is 35.5. The number of aliphatic hydroxyl groups excluding tert-OH is 1. The lowest BCUT2D eigenvalue weighted by Crippen LogP contribution is -2.52. The van der Waals surface area contributed by atoms with Crippen LogP contribution in [0.1, 0.15) is 35.2 Å². The second-order valence-corrected chi connectivity index (χ2v) is 10.3. The lowest BCUT2D eigenvalue weighted by molar-refractivity contribution is -0.125. The van der Waals surface area contributed by atoms with Crippen molar-refractivity contribution < 1.29 is 27.9 Å². The van der Waals surface area contributed by atoms with E-state index in [4.69, 9.17) is 11.6 Å². The highest BCUT2D eigenvalue weighted by Gasteiger charge is 2.58. The molecular weight excluding hydrogens is 511 g/mol. The highest BCUT2D eigenvalue weighted by Crippen LogP contribution is 2.51. The van der Waals surface area contributed by atoms with Crippen molar-refractivity contribution in [3.63, 3.8) is 0 Å². The molecule has 2 atom stereocenters. The smallest absolute Gasteiger partial charge is 0.265 e. The number of aromatic amines is 1. The molecule has 1 aromatic heterocycles. The first-order chi connectivity index (χ1) is 17.6. The van der Waals surface area contributed by atoms with Crippen LogP contribution < -0.4 is 10.2 Å². The summed E-state index contributed by atoms with van der Waals surface area (Å²) < 4.78 is 41.1. The summed E-state index contributed by atoms with van der Waals surface area (Å²) >= 11 is 6.38. The molecule has 8 nitrogen and oxygen atoms in total. The first kappa shape index (κ1) is 24.2. The molecule has 2 unspecified atom stereocenters. The summed E-state index contributed by atoms with van der Waals surface area (Å²) in [6.45, 7) is 0.155. The Labute approximate surface area is 214 Å². The molecule has 2 amide bonds. The summed E-state index contributed by atoms with van der Waals surface area (Å²) in [5.74, 6) is -4.16. The van der Waals surface area contributed by atoms with Crippen molar-refractivity contribution in [1.82, 2.24) is 20.4 Å². The molecule has 3 N–H and O–H groups in total. The van der Waals surface area contributed by atoms with Crippen molar-refractivity contribution in [2.24, 2.45) is 0 Å². The van der Waals surface area contributed by atoms with Crippen LogP contribution in [0, 0.1) is 5.82 Å². The Morgan fingerprint density at radius 3 is 2.70 bits per heavy atom. The largest absolute Gasteiger partial charge is 0.377 e. The van der Waals surface area contributed by atoms with E-state index in [1.807, 2.05) is 0 Å². The quantitative estimate of drug-likeness (QED) is 0.437. The zero-order valence-electron chi connectivity index (χ0n) is 19.5. The number of fused-ring (bicyclic) bond motifs is 3. The molecule has 1 spiro atoms. The van der Waals surface area contributed by atoms with Gasteiger partial charge in [0.2, 0.25) is 5.91 Å². The van der Waals surface area contributed by atoms with E-state index in [9.17, 15) is 27.9 Å². The van der Waals surface area contributed by atoms with Gasteiger partial charge in [-0.15, -0.1) is 0 Å². The number of carbonyl (C=O) groups excluding carboxylic acids is 2. The van der Waals surface area contributed by atoms with Crippen LogP contribution in [0.25, 0.3) is 10.9 Å². The molecule has 3 aromatic rings. The number of carbonyl (C=O) groups is 2. The highest BCUT2D eigenvalue weighted by molar-refractivity contribution is 6.33. The lowest BCUT2D eigenvalue weighted by Gasteiger charge is -2.39. The number of rotatable bonds is 5. The van der Waals surface area contributed by atoms with E-state index in [2.05, 4.69) is 15.5 Å². The number of amides is 2. The Balaban J connectivity index is 1.24. The van der Waals surface area contributed by atoms with Gasteiger partial charge in [-0.25, -0.2) is 13.2 Å². The molecule has 0 bridgehead atoms. The number of likely N-dealkylation sites (tertiary alicyclic amines) is 1. The minimum Gasteiger partial charge on any atom is -0.377 e. The average molecular weight is 534 g/mol. The number of halogens is 4. The van der Waals surface area contributed by atoms with Crippen molar-refractivity contribution in [3.8, 4) is 0 Å². The molecule has 37 heavy (non-hydrogen) atoms. The number of benzene rings is 2. The van der Waals surface area contributed by atoms with Crippen LogP contribution in [0.5, 0.6) is 0 Å². The predicted molar refractivity (Wildman–Crippen MR) is 129 cm³/mol. The van der Waals surface area contributed by atoms with Gasteiger partial charge in [0.15, 0.2) is 0 Å². The van der Waals surface area contributed by atoms with Crippen LogP contribution >= 0.6 is 11.6 Å². The molecule has 3 aliphatic rings. The third-order valence-electron chi connectivity index (χ3n) is 7.66. The van der Waals surface area contributed by atoms with Crippen LogP contribution in [0.2, 0.25) is 5.02 Å². The Hall–Kier alpha value is -3.15. The molecule has 6 rings (SSSR count). The van der Waals surface area contributed by atoms with Crippen molar-refractivity contribution in [2.45, 2.75) is 42.9 Å². The fourth-order valence-corrected chi connectivity index (χ4v) is 5.88. The van der Waals surface area contributed by atoms with Gasteiger partial charge in [0.05, 0.1) is 34.7 Å². The summed E-state index contributed by atoms with van der Waals surface area (Å²) in [5.41, 5.74) is 0.754. The number of piperidine rings is 1. The van der Waals surface area contributed by atoms with Crippen LogP contribution in [-0.2, 0) is 10.2 Å². The summed E-state index contributed by atoms with van der Waals surface area (Å²) in [7, 11) is 0. The number of β-amino-alcohol motifs (C(OH)–C–C–N with tert-alkyl or cyclic N) is 1. The van der Waals surface area contributed by atoms with E-state index in [0.717, 1.165) is 17.0 Å². The minimum atomic E-state index is -2.89. The Morgan fingerprint density at radius 2 is 2.00 bits per heavy atom. The Bertz CT molecular complexity index is 1420. The van der Waals surface area contributed by atoms with E-state index in [-0.39, 0.29) is 49.8 Å². The van der Waals surface area contributed by atoms with Gasteiger partial charge >= 0.3 is 0 Å². The maximum atomic E-state index is 14.5. The molecule has 2 aromatic carbocycles. The number of nitrogens with one attached hydrogen (secondary N) is 2. The third-order valence-corrected chi connectivity index (χ3v) is 8.03. The second-order valence-electron chi connectivity index (χ2n) is 9.92. The molecule has 2 fully saturated rings. The van der Waals surface area contributed by atoms with Crippen molar-refractivity contribution >= 4 is 40.0 Å². The molecule has 0 radical (unpaired) electrons. The van der Waals surface area contributed by atoms with Gasteiger partial charge in [0, 0.05) is 41.7 Å². The van der Waals surface area contributed by atoms with E-state index in [1.54, 1.807) is 29.3 Å². The van der Waals surface area contributed by atoms with Crippen molar-refractivity contribution in [2.75, 3.05) is 24.5 Å². The molecule has 1 saturated carbocycles. The van der Waals surface area contributed by atoms with Gasteiger partial charge < -0.3 is 14.9 Å². The number of nitrogens with zero attached hydrogens (tertiary/aromatic N) is 3. The topological polar surface area (TPSA) is 102 Å². The summed E-state index contributed by atoms with van der Waals surface area (Å²) in [4.78, 5) is 29.9. The number of aromatic nitrogens is 2. The van der Waals surface area contributed by atoms with Gasteiger partial charge in [-0.3, -0.25) is 20.0 Å². The monoisotopic (exact) mass is 533 g/mol. The van der Waals surface area contributed by atoms with E-state index in [0.29, 0.717) is 16.8 Å². The average Bonchev–Trinajstić information content (AvgIpc) is 3.18. The first-order valence-corrected chi connectivity index (χ1v) is 12.3. The molecule has 3 heterocycles. The molecule has 1 aliphatic carbocycles. The van der Waals surface area contributed by atoms with Crippen LogP contribution in [0.15, 0.2) is 36.5 Å². The second kappa shape index (κ2) is 8.44. The Morgan fingerprint density at radius 1 is 1.27 bits per heavy atom. The fraction of sp³-hybridized carbons (Fsp3) is 0.400. The standard InChI is InChI=1S/C25H23ClF3N5O3/c26-21-15(27)2-4-17-20(21)24(23(37)34(17)12-19(35)31-18-10-25(18,28)29)5-7-33(8-6-24)22(36)13-1-3-16-14(9-13)11-30-32-16/h1-4,9,11,18-19,31,35H,5-8,10,12H2,(H,30,32). The van der Waals surface area contributed by atoms with Crippen LogP contribution in [-0.4, -0.2) is 69.8 Å². The maximum Gasteiger partial charge on any atom is 0.265 e. The summed E-state index contributed by atoms with van der Waals surface area (Å²) in [6.07, 6.45) is 0.232. The Kier molecular flexibility index (Phi) is 5.52. The molecule has 2 aliphatic heterocycles. The van der Waals surface area contributed by atoms with Gasteiger partial charge in [0.25, 0.3) is 11.8 Å². The van der Waals surface area contributed by atoms with Crippen LogP contribution in [0.4, 0.5) is 18.9 Å². The van der Waals surface area contributed by atoms with E-state index >= 15 is 0 Å². The number of hydrogen-bond acceptors (Lipinski definition) is 5. The predicted octanol–water partition coefficient (Wildman–Crippen LogP) is 3.19. The number of alkyl halides is 2. The van der Waals surface area contributed by atoms with Crippen molar-refractivity contribution in [1.29, 1.82) is 0 Å². The lowest BCUT2D eigenvalue weighted by atomic mass is 9.73. The van der Waals surface area contributed by atoms with E-state index < -0.39 is 35.3 Å².